The first-order valence-electron chi connectivity index (χ1n) is 11.1. The van der Waals surface area contributed by atoms with Crippen molar-refractivity contribution in [3.8, 4) is 11.5 Å². The quantitative estimate of drug-likeness (QED) is 0.686. The number of para-hydroxylation sites is 1. The summed E-state index contributed by atoms with van der Waals surface area (Å²) in [6.07, 6.45) is 1.66. The van der Waals surface area contributed by atoms with Crippen LogP contribution in [0.5, 0.6) is 11.5 Å². The Kier molecular flexibility index (Phi) is 5.52. The fourth-order valence-electron chi connectivity index (χ4n) is 5.09. The van der Waals surface area contributed by atoms with E-state index in [0.717, 1.165) is 0 Å². The lowest BCUT2D eigenvalue weighted by atomic mass is 9.82. The third kappa shape index (κ3) is 3.95. The van der Waals surface area contributed by atoms with Crippen LogP contribution in [-0.4, -0.2) is 54.8 Å². The number of amides is 2. The van der Waals surface area contributed by atoms with Gasteiger partial charge in [0.15, 0.2) is 5.78 Å². The number of nitrogens with zero attached hydrogens (tertiary/aromatic N) is 2. The maximum absolute atomic E-state index is 13.3. The molecule has 3 aliphatic rings. The molecule has 3 heterocycles. The zero-order chi connectivity index (χ0) is 23.2. The molecule has 2 aromatic carbocycles. The second-order valence-corrected chi connectivity index (χ2v) is 9.36. The van der Waals surface area contributed by atoms with Gasteiger partial charge in [0.05, 0.1) is 30.7 Å². The predicted molar refractivity (Wildman–Crippen MR) is 123 cm³/mol. The first-order chi connectivity index (χ1) is 15.9. The Bertz CT molecular complexity index is 1130. The standard InChI is InChI=1S/C25H25ClN2O5/c1-32-22-7-6-17(26)13-19(22)28-15-16(12-23(28)30)24(31)27-10-8-25(9-11-27)14-20(29)18-4-2-3-5-21(18)33-25/h2-7,13,16H,8-12,14-15H2,1H3. The van der Waals surface area contributed by atoms with E-state index in [1.54, 1.807) is 34.1 Å². The number of carbonyl (C=O) groups is 3. The highest BCUT2D eigenvalue weighted by Crippen LogP contribution is 2.40. The lowest BCUT2D eigenvalue weighted by Crippen LogP contribution is -2.53. The number of fused-ring (bicyclic) bond motifs is 1. The number of piperidine rings is 1. The molecule has 3 aliphatic heterocycles. The van der Waals surface area contributed by atoms with Crippen molar-refractivity contribution in [1.82, 2.24) is 4.90 Å². The number of halogens is 1. The van der Waals surface area contributed by atoms with Crippen molar-refractivity contribution < 1.29 is 23.9 Å². The average molecular weight is 469 g/mol. The fourth-order valence-corrected chi connectivity index (χ4v) is 5.26. The number of ketones is 1. The summed E-state index contributed by atoms with van der Waals surface area (Å²) in [4.78, 5) is 42.0. The molecule has 8 heteroatoms. The Labute approximate surface area is 197 Å². The molecule has 2 saturated heterocycles. The minimum atomic E-state index is -0.562. The van der Waals surface area contributed by atoms with Gasteiger partial charge in [-0.1, -0.05) is 23.7 Å². The molecule has 0 saturated carbocycles. The van der Waals surface area contributed by atoms with E-state index in [0.29, 0.717) is 66.7 Å². The summed E-state index contributed by atoms with van der Waals surface area (Å²) >= 11 is 6.13. The number of methoxy groups -OCH3 is 1. The highest BCUT2D eigenvalue weighted by Gasteiger charge is 2.45. The average Bonchev–Trinajstić information content (AvgIpc) is 3.20. The summed E-state index contributed by atoms with van der Waals surface area (Å²) in [6, 6.07) is 12.4. The Morgan fingerprint density at radius 1 is 1.15 bits per heavy atom. The van der Waals surface area contributed by atoms with Gasteiger partial charge in [0, 0.05) is 43.9 Å². The van der Waals surface area contributed by atoms with Crippen molar-refractivity contribution in [2.75, 3.05) is 31.6 Å². The normalized spacial score (nSPS) is 21.7. The molecular formula is C25H25ClN2O5. The van der Waals surface area contributed by atoms with Gasteiger partial charge in [0.1, 0.15) is 17.1 Å². The van der Waals surface area contributed by atoms with Crippen molar-refractivity contribution in [2.45, 2.75) is 31.3 Å². The number of benzene rings is 2. The molecule has 0 aliphatic carbocycles. The monoisotopic (exact) mass is 468 g/mol. The molecule has 0 radical (unpaired) electrons. The SMILES string of the molecule is COc1ccc(Cl)cc1N1CC(C(=O)N2CCC3(CC2)CC(=O)c2ccccc2O3)CC1=O. The van der Waals surface area contributed by atoms with Crippen LogP contribution in [0.15, 0.2) is 42.5 Å². The smallest absolute Gasteiger partial charge is 0.228 e. The third-order valence-electron chi connectivity index (χ3n) is 6.89. The van der Waals surface area contributed by atoms with E-state index in [1.807, 2.05) is 18.2 Å². The lowest BCUT2D eigenvalue weighted by Gasteiger charge is -2.44. The predicted octanol–water partition coefficient (Wildman–Crippen LogP) is 3.73. The number of hydrogen-bond donors (Lipinski definition) is 0. The molecule has 33 heavy (non-hydrogen) atoms. The summed E-state index contributed by atoms with van der Waals surface area (Å²) in [5.41, 5.74) is 0.645. The Balaban J connectivity index is 1.26. The van der Waals surface area contributed by atoms with Crippen LogP contribution < -0.4 is 14.4 Å². The van der Waals surface area contributed by atoms with E-state index in [9.17, 15) is 14.4 Å². The second kappa shape index (κ2) is 8.37. The molecule has 5 rings (SSSR count). The summed E-state index contributed by atoms with van der Waals surface area (Å²) in [5, 5.41) is 0.498. The largest absolute Gasteiger partial charge is 0.495 e. The van der Waals surface area contributed by atoms with Gasteiger partial charge < -0.3 is 19.3 Å². The van der Waals surface area contributed by atoms with E-state index in [2.05, 4.69) is 0 Å². The van der Waals surface area contributed by atoms with Gasteiger partial charge in [-0.3, -0.25) is 14.4 Å². The van der Waals surface area contributed by atoms with Gasteiger partial charge in [0.2, 0.25) is 11.8 Å². The molecule has 1 spiro atoms. The topological polar surface area (TPSA) is 76.2 Å². The molecule has 0 N–H and O–H groups in total. The van der Waals surface area contributed by atoms with Crippen LogP contribution >= 0.6 is 11.6 Å². The van der Waals surface area contributed by atoms with E-state index < -0.39 is 11.5 Å². The molecule has 172 valence electrons. The zero-order valence-corrected chi connectivity index (χ0v) is 19.1. The molecule has 2 fully saturated rings. The number of ether oxygens (including phenoxy) is 2. The summed E-state index contributed by atoms with van der Waals surface area (Å²) in [7, 11) is 1.54. The molecule has 1 atom stereocenters. The van der Waals surface area contributed by atoms with Crippen LogP contribution in [-0.2, 0) is 9.59 Å². The summed E-state index contributed by atoms with van der Waals surface area (Å²) in [5.74, 6) is 0.666. The minimum absolute atomic E-state index is 0.0377. The lowest BCUT2D eigenvalue weighted by molar-refractivity contribution is -0.139. The van der Waals surface area contributed by atoms with Crippen LogP contribution in [0.4, 0.5) is 5.69 Å². The Morgan fingerprint density at radius 3 is 2.67 bits per heavy atom. The van der Waals surface area contributed by atoms with Gasteiger partial charge in [0.25, 0.3) is 0 Å². The number of carbonyl (C=O) groups excluding carboxylic acids is 3. The Morgan fingerprint density at radius 2 is 1.91 bits per heavy atom. The van der Waals surface area contributed by atoms with Crippen molar-refractivity contribution in [3.63, 3.8) is 0 Å². The maximum atomic E-state index is 13.3. The molecule has 0 bridgehead atoms. The molecule has 2 aromatic rings. The highest BCUT2D eigenvalue weighted by molar-refractivity contribution is 6.31. The number of likely N-dealkylation sites (tertiary alicyclic amines) is 1. The third-order valence-corrected chi connectivity index (χ3v) is 7.12. The van der Waals surface area contributed by atoms with Crippen LogP contribution in [0, 0.1) is 5.92 Å². The zero-order valence-electron chi connectivity index (χ0n) is 18.4. The number of rotatable bonds is 3. The van der Waals surface area contributed by atoms with Crippen LogP contribution in [0.3, 0.4) is 0 Å². The van der Waals surface area contributed by atoms with E-state index in [4.69, 9.17) is 21.1 Å². The number of hydrogen-bond acceptors (Lipinski definition) is 5. The Hall–Kier alpha value is -3.06. The van der Waals surface area contributed by atoms with Gasteiger partial charge in [-0.25, -0.2) is 0 Å². The first kappa shape index (κ1) is 21.8. The van der Waals surface area contributed by atoms with Crippen LogP contribution in [0.2, 0.25) is 5.02 Å². The molecule has 0 aromatic heterocycles. The maximum Gasteiger partial charge on any atom is 0.228 e. The van der Waals surface area contributed by atoms with E-state index in [1.165, 1.54) is 7.11 Å². The van der Waals surface area contributed by atoms with Crippen molar-refractivity contribution >= 4 is 34.9 Å². The second-order valence-electron chi connectivity index (χ2n) is 8.93. The van der Waals surface area contributed by atoms with Gasteiger partial charge >= 0.3 is 0 Å². The van der Waals surface area contributed by atoms with Crippen LogP contribution in [0.25, 0.3) is 0 Å². The first-order valence-corrected chi connectivity index (χ1v) is 11.5. The van der Waals surface area contributed by atoms with E-state index in [-0.39, 0.29) is 24.0 Å². The molecular weight excluding hydrogens is 444 g/mol. The van der Waals surface area contributed by atoms with Crippen molar-refractivity contribution in [2.24, 2.45) is 5.92 Å². The van der Waals surface area contributed by atoms with Crippen LogP contribution in [0.1, 0.15) is 36.0 Å². The summed E-state index contributed by atoms with van der Waals surface area (Å²) < 4.78 is 11.6. The minimum Gasteiger partial charge on any atom is -0.495 e. The van der Waals surface area contributed by atoms with Gasteiger partial charge in [-0.2, -0.15) is 0 Å². The van der Waals surface area contributed by atoms with Crippen molar-refractivity contribution in [3.05, 3.63) is 53.1 Å². The van der Waals surface area contributed by atoms with E-state index >= 15 is 0 Å². The highest BCUT2D eigenvalue weighted by atomic mass is 35.5. The van der Waals surface area contributed by atoms with Gasteiger partial charge in [-0.15, -0.1) is 0 Å². The van der Waals surface area contributed by atoms with Gasteiger partial charge in [-0.05, 0) is 30.3 Å². The molecule has 2 amide bonds. The fraction of sp³-hybridized carbons (Fsp3) is 0.400. The summed E-state index contributed by atoms with van der Waals surface area (Å²) in [6.45, 7) is 1.29. The number of Topliss-reactive ketones (excluding diaryl/α,β-unsaturated/α-hetero) is 1. The molecule has 7 nitrogen and oxygen atoms in total. The van der Waals surface area contributed by atoms with Crippen molar-refractivity contribution in [1.29, 1.82) is 0 Å². The number of anilines is 1. The molecule has 1 unspecified atom stereocenters.